The number of urea groups is 1. The van der Waals surface area contributed by atoms with Gasteiger partial charge in [0.2, 0.25) is 5.91 Å². The van der Waals surface area contributed by atoms with Gasteiger partial charge >= 0.3 is 6.03 Å². The van der Waals surface area contributed by atoms with Gasteiger partial charge in [0.05, 0.1) is 10.7 Å². The maximum atomic E-state index is 12.6. The van der Waals surface area contributed by atoms with Crippen molar-refractivity contribution in [3.63, 3.8) is 0 Å². The first-order chi connectivity index (χ1) is 13.2. The number of anilines is 1. The van der Waals surface area contributed by atoms with Gasteiger partial charge in [0, 0.05) is 32.6 Å². The van der Waals surface area contributed by atoms with Gasteiger partial charge in [-0.2, -0.15) is 0 Å². The quantitative estimate of drug-likeness (QED) is 0.732. The van der Waals surface area contributed by atoms with E-state index in [0.29, 0.717) is 29.1 Å². The molecule has 8 nitrogen and oxygen atoms in total. The number of hydrogen-bond donors (Lipinski definition) is 2. The van der Waals surface area contributed by atoms with Crippen LogP contribution in [0.4, 0.5) is 10.5 Å². The second kappa shape index (κ2) is 7.79. The number of imide groups is 1. The molecular weight excluding hydrogens is 384 g/mol. The second-order valence-corrected chi connectivity index (χ2v) is 7.78. The first-order valence-electron chi connectivity index (χ1n) is 9.19. The van der Waals surface area contributed by atoms with Crippen molar-refractivity contribution in [2.45, 2.75) is 37.6 Å². The maximum absolute atomic E-state index is 12.6. The Hall–Kier alpha value is -2.61. The Balaban J connectivity index is 1.62. The van der Waals surface area contributed by atoms with Gasteiger partial charge in [0.1, 0.15) is 5.54 Å². The summed E-state index contributed by atoms with van der Waals surface area (Å²) in [6, 6.07) is 4.17. The summed E-state index contributed by atoms with van der Waals surface area (Å²) < 4.78 is 0. The van der Waals surface area contributed by atoms with Crippen LogP contribution < -0.4 is 10.6 Å². The molecule has 0 radical (unpaired) electrons. The minimum atomic E-state index is -0.780. The summed E-state index contributed by atoms with van der Waals surface area (Å²) in [5.74, 6) is -0.864. The van der Waals surface area contributed by atoms with Gasteiger partial charge in [-0.15, -0.1) is 0 Å². The molecule has 1 saturated carbocycles. The Kier molecular flexibility index (Phi) is 5.60. The molecule has 28 heavy (non-hydrogen) atoms. The van der Waals surface area contributed by atoms with Crippen molar-refractivity contribution in [2.24, 2.45) is 0 Å². The molecule has 2 aliphatic rings. The molecule has 1 heterocycles. The fourth-order valence-corrected chi connectivity index (χ4v) is 3.80. The van der Waals surface area contributed by atoms with E-state index in [4.69, 9.17) is 11.6 Å². The van der Waals surface area contributed by atoms with Crippen molar-refractivity contribution in [1.82, 2.24) is 15.1 Å². The molecule has 1 aliphatic carbocycles. The van der Waals surface area contributed by atoms with Gasteiger partial charge in [0.15, 0.2) is 0 Å². The fourth-order valence-electron chi connectivity index (χ4n) is 3.64. The third-order valence-electron chi connectivity index (χ3n) is 5.16. The summed E-state index contributed by atoms with van der Waals surface area (Å²) in [7, 11) is 3.26. The summed E-state index contributed by atoms with van der Waals surface area (Å²) >= 11 is 6.11. The Labute approximate surface area is 168 Å². The Morgan fingerprint density at radius 2 is 1.93 bits per heavy atom. The number of hydrogen-bond acceptors (Lipinski definition) is 4. The molecule has 1 aliphatic heterocycles. The zero-order valence-corrected chi connectivity index (χ0v) is 16.6. The topological polar surface area (TPSA) is 98.8 Å². The van der Waals surface area contributed by atoms with Crippen LogP contribution in [-0.2, 0) is 9.59 Å². The lowest BCUT2D eigenvalue weighted by Crippen LogP contribution is -2.44. The molecule has 9 heteroatoms. The maximum Gasteiger partial charge on any atom is 0.325 e. The molecular formula is C19H23ClN4O4. The Morgan fingerprint density at radius 1 is 1.25 bits per heavy atom. The van der Waals surface area contributed by atoms with Gasteiger partial charge in [0.25, 0.3) is 11.8 Å². The molecule has 3 rings (SSSR count). The smallest absolute Gasteiger partial charge is 0.325 e. The van der Waals surface area contributed by atoms with Crippen molar-refractivity contribution in [1.29, 1.82) is 0 Å². The number of rotatable bonds is 5. The van der Waals surface area contributed by atoms with E-state index in [0.717, 1.165) is 17.7 Å². The predicted octanol–water partition coefficient (Wildman–Crippen LogP) is 2.24. The van der Waals surface area contributed by atoms with E-state index in [9.17, 15) is 19.2 Å². The summed E-state index contributed by atoms with van der Waals surface area (Å²) in [5.41, 5.74) is -0.0802. The number of nitrogens with zero attached hydrogens (tertiary/aromatic N) is 2. The number of carbonyl (C=O) groups excluding carboxylic acids is 4. The summed E-state index contributed by atoms with van der Waals surface area (Å²) in [6.45, 7) is -0.00775. The normalized spacial score (nSPS) is 17.8. The van der Waals surface area contributed by atoms with Crippen LogP contribution in [0.2, 0.25) is 5.02 Å². The molecule has 0 bridgehead atoms. The van der Waals surface area contributed by atoms with E-state index in [1.165, 1.54) is 17.0 Å². The molecule has 1 saturated heterocycles. The molecule has 5 amide bonds. The largest absolute Gasteiger partial charge is 0.345 e. The predicted molar refractivity (Wildman–Crippen MR) is 104 cm³/mol. The van der Waals surface area contributed by atoms with Gasteiger partial charge in [-0.3, -0.25) is 19.3 Å². The van der Waals surface area contributed by atoms with E-state index < -0.39 is 17.5 Å². The number of benzene rings is 1. The molecule has 1 aromatic rings. The van der Waals surface area contributed by atoms with Crippen LogP contribution in [0.3, 0.4) is 0 Å². The van der Waals surface area contributed by atoms with Crippen LogP contribution in [0.1, 0.15) is 42.5 Å². The molecule has 1 aromatic carbocycles. The number of nitrogens with one attached hydrogen (secondary N) is 2. The first-order valence-corrected chi connectivity index (χ1v) is 9.56. The highest BCUT2D eigenvalue weighted by atomic mass is 35.5. The van der Waals surface area contributed by atoms with Crippen molar-refractivity contribution in [3.05, 3.63) is 28.8 Å². The third kappa shape index (κ3) is 3.82. The van der Waals surface area contributed by atoms with Crippen molar-refractivity contribution < 1.29 is 19.2 Å². The average Bonchev–Trinajstić information content (AvgIpc) is 3.20. The van der Waals surface area contributed by atoms with Gasteiger partial charge in [-0.25, -0.2) is 4.79 Å². The summed E-state index contributed by atoms with van der Waals surface area (Å²) in [6.07, 6.45) is 3.03. The van der Waals surface area contributed by atoms with Crippen LogP contribution in [0.15, 0.2) is 18.2 Å². The van der Waals surface area contributed by atoms with Crippen LogP contribution in [0.25, 0.3) is 0 Å². The monoisotopic (exact) mass is 406 g/mol. The molecule has 1 spiro atoms. The third-order valence-corrected chi connectivity index (χ3v) is 5.49. The van der Waals surface area contributed by atoms with Crippen molar-refractivity contribution in [2.75, 3.05) is 26.0 Å². The average molecular weight is 407 g/mol. The standard InChI is InChI=1S/C19H23ClN4O4/c1-23(2)16(26)12-5-6-13(20)14(11-12)21-15(25)7-10-24-17(27)19(22-18(24)28)8-3-4-9-19/h5-6,11H,3-4,7-10H2,1-2H3,(H,21,25)(H,22,28). The first kappa shape index (κ1) is 20.1. The molecule has 0 atom stereocenters. The van der Waals surface area contributed by atoms with E-state index in [-0.39, 0.29) is 24.8 Å². The SMILES string of the molecule is CN(C)C(=O)c1ccc(Cl)c(NC(=O)CCN2C(=O)NC3(CCCC3)C2=O)c1. The van der Waals surface area contributed by atoms with Gasteiger partial charge in [-0.1, -0.05) is 24.4 Å². The highest BCUT2D eigenvalue weighted by Gasteiger charge is 2.52. The van der Waals surface area contributed by atoms with E-state index in [1.54, 1.807) is 20.2 Å². The van der Waals surface area contributed by atoms with Crippen LogP contribution in [0, 0.1) is 0 Å². The van der Waals surface area contributed by atoms with Gasteiger partial charge in [-0.05, 0) is 31.0 Å². The summed E-state index contributed by atoms with van der Waals surface area (Å²) in [4.78, 5) is 51.7. The lowest BCUT2D eigenvalue weighted by Gasteiger charge is -2.20. The minimum absolute atomic E-state index is 0.00775. The number of halogens is 1. The lowest BCUT2D eigenvalue weighted by molar-refractivity contribution is -0.131. The van der Waals surface area contributed by atoms with E-state index in [1.807, 2.05) is 0 Å². The highest BCUT2D eigenvalue weighted by Crippen LogP contribution is 2.35. The minimum Gasteiger partial charge on any atom is -0.345 e. The van der Waals surface area contributed by atoms with Crippen LogP contribution in [-0.4, -0.2) is 59.7 Å². The van der Waals surface area contributed by atoms with Crippen LogP contribution in [0.5, 0.6) is 0 Å². The van der Waals surface area contributed by atoms with Gasteiger partial charge < -0.3 is 15.5 Å². The molecule has 0 unspecified atom stereocenters. The highest BCUT2D eigenvalue weighted by molar-refractivity contribution is 6.33. The fraction of sp³-hybridized carbons (Fsp3) is 0.474. The molecule has 2 fully saturated rings. The number of carbonyl (C=O) groups is 4. The lowest BCUT2D eigenvalue weighted by atomic mass is 9.98. The van der Waals surface area contributed by atoms with E-state index in [2.05, 4.69) is 10.6 Å². The Morgan fingerprint density at radius 3 is 2.57 bits per heavy atom. The molecule has 2 N–H and O–H groups in total. The molecule has 150 valence electrons. The summed E-state index contributed by atoms with van der Waals surface area (Å²) in [5, 5.41) is 5.73. The zero-order chi connectivity index (χ0) is 20.5. The Bertz CT molecular complexity index is 833. The molecule has 0 aromatic heterocycles. The van der Waals surface area contributed by atoms with Crippen molar-refractivity contribution >= 4 is 41.0 Å². The van der Waals surface area contributed by atoms with Crippen LogP contribution >= 0.6 is 11.6 Å². The number of amides is 5. The van der Waals surface area contributed by atoms with Crippen molar-refractivity contribution in [3.8, 4) is 0 Å². The zero-order valence-electron chi connectivity index (χ0n) is 15.9. The van der Waals surface area contributed by atoms with E-state index >= 15 is 0 Å². The second-order valence-electron chi connectivity index (χ2n) is 7.37.